The van der Waals surface area contributed by atoms with E-state index < -0.39 is 6.04 Å². The lowest BCUT2D eigenvalue weighted by molar-refractivity contribution is -0.123. The predicted molar refractivity (Wildman–Crippen MR) is 90.4 cm³/mol. The van der Waals surface area contributed by atoms with Crippen LogP contribution in [0.3, 0.4) is 0 Å². The largest absolute Gasteiger partial charge is 0.353 e. The molecule has 0 aromatic heterocycles. The number of hydrogen-bond acceptors (Lipinski definition) is 3. The van der Waals surface area contributed by atoms with Gasteiger partial charge >= 0.3 is 0 Å². The maximum Gasteiger partial charge on any atom is 0.237 e. The summed E-state index contributed by atoms with van der Waals surface area (Å²) >= 11 is 0. The smallest absolute Gasteiger partial charge is 0.237 e. The molecule has 0 bridgehead atoms. The second-order valence-electron chi connectivity index (χ2n) is 6.33. The standard InChI is InChI=1S/C18H29N3O/c1-3-14(2)17(19)18(22)20-13-16(21-11-7-8-12-21)15-9-5-4-6-10-15/h4-6,9-10,14,16-17H,3,7-8,11-13,19H2,1-2H3,(H,20,22). The van der Waals surface area contributed by atoms with Crippen LogP contribution in [0.15, 0.2) is 30.3 Å². The molecule has 3 N–H and O–H groups in total. The van der Waals surface area contributed by atoms with Crippen LogP contribution in [0.2, 0.25) is 0 Å². The summed E-state index contributed by atoms with van der Waals surface area (Å²) in [5.41, 5.74) is 7.29. The zero-order valence-electron chi connectivity index (χ0n) is 13.8. The summed E-state index contributed by atoms with van der Waals surface area (Å²) in [6.45, 7) is 6.93. The number of nitrogens with two attached hydrogens (primary N) is 1. The van der Waals surface area contributed by atoms with Gasteiger partial charge in [-0.2, -0.15) is 0 Å². The normalized spacial score (nSPS) is 19.6. The highest BCUT2D eigenvalue weighted by atomic mass is 16.2. The molecule has 4 nitrogen and oxygen atoms in total. The molecule has 3 atom stereocenters. The zero-order chi connectivity index (χ0) is 15.9. The van der Waals surface area contributed by atoms with Crippen molar-refractivity contribution in [1.29, 1.82) is 0 Å². The first-order valence-corrected chi connectivity index (χ1v) is 8.45. The minimum absolute atomic E-state index is 0.0329. The Balaban J connectivity index is 2.00. The fourth-order valence-corrected chi connectivity index (χ4v) is 3.01. The van der Waals surface area contributed by atoms with Gasteiger partial charge in [-0.15, -0.1) is 0 Å². The van der Waals surface area contributed by atoms with Gasteiger partial charge in [-0.1, -0.05) is 50.6 Å². The van der Waals surface area contributed by atoms with Gasteiger partial charge in [0.1, 0.15) is 0 Å². The third-order valence-electron chi connectivity index (χ3n) is 4.80. The molecule has 0 radical (unpaired) electrons. The van der Waals surface area contributed by atoms with E-state index in [4.69, 9.17) is 5.73 Å². The van der Waals surface area contributed by atoms with E-state index in [2.05, 4.69) is 41.4 Å². The molecule has 1 heterocycles. The number of likely N-dealkylation sites (tertiary alicyclic amines) is 1. The van der Waals surface area contributed by atoms with Crippen molar-refractivity contribution in [3.63, 3.8) is 0 Å². The van der Waals surface area contributed by atoms with Crippen LogP contribution in [0.4, 0.5) is 0 Å². The molecule has 4 heteroatoms. The fraction of sp³-hybridized carbons (Fsp3) is 0.611. The lowest BCUT2D eigenvalue weighted by Gasteiger charge is -2.29. The van der Waals surface area contributed by atoms with Crippen molar-refractivity contribution < 1.29 is 4.79 Å². The molecule has 1 aliphatic heterocycles. The van der Waals surface area contributed by atoms with Crippen molar-refractivity contribution in [2.45, 2.75) is 45.2 Å². The number of carbonyl (C=O) groups is 1. The van der Waals surface area contributed by atoms with Crippen molar-refractivity contribution in [1.82, 2.24) is 10.2 Å². The highest BCUT2D eigenvalue weighted by Crippen LogP contribution is 2.24. The van der Waals surface area contributed by atoms with Gasteiger partial charge in [0.15, 0.2) is 0 Å². The minimum Gasteiger partial charge on any atom is -0.353 e. The summed E-state index contributed by atoms with van der Waals surface area (Å²) in [6.07, 6.45) is 3.40. The second-order valence-corrected chi connectivity index (χ2v) is 6.33. The molecular formula is C18H29N3O. The Morgan fingerprint density at radius 1 is 1.27 bits per heavy atom. The first-order valence-electron chi connectivity index (χ1n) is 8.45. The van der Waals surface area contributed by atoms with Crippen molar-refractivity contribution >= 4 is 5.91 Å². The summed E-state index contributed by atoms with van der Waals surface area (Å²) in [5.74, 6) is 0.177. The van der Waals surface area contributed by atoms with E-state index in [1.165, 1.54) is 18.4 Å². The van der Waals surface area contributed by atoms with Crippen molar-refractivity contribution in [3.05, 3.63) is 35.9 Å². The molecule has 1 aromatic rings. The Morgan fingerprint density at radius 3 is 2.50 bits per heavy atom. The van der Waals surface area contributed by atoms with Gasteiger partial charge in [0.05, 0.1) is 12.1 Å². The van der Waals surface area contributed by atoms with Crippen molar-refractivity contribution in [2.75, 3.05) is 19.6 Å². The highest BCUT2D eigenvalue weighted by Gasteiger charge is 2.25. The zero-order valence-corrected chi connectivity index (χ0v) is 13.8. The number of nitrogens with one attached hydrogen (secondary N) is 1. The second kappa shape index (κ2) is 8.30. The predicted octanol–water partition coefficient (Wildman–Crippen LogP) is 2.31. The quantitative estimate of drug-likeness (QED) is 0.812. The third kappa shape index (κ3) is 4.31. The van der Waals surface area contributed by atoms with Crippen LogP contribution in [0, 0.1) is 5.92 Å². The number of amides is 1. The molecule has 1 fully saturated rings. The Kier molecular flexibility index (Phi) is 6.40. The van der Waals surface area contributed by atoms with Crippen molar-refractivity contribution in [2.24, 2.45) is 11.7 Å². The summed E-state index contributed by atoms with van der Waals surface area (Å²) in [7, 11) is 0. The van der Waals surface area contributed by atoms with E-state index >= 15 is 0 Å². The number of carbonyl (C=O) groups excluding carboxylic acids is 1. The highest BCUT2D eigenvalue weighted by molar-refractivity contribution is 5.81. The Morgan fingerprint density at radius 2 is 1.91 bits per heavy atom. The molecule has 2 rings (SSSR count). The first-order chi connectivity index (χ1) is 10.6. The van der Waals surface area contributed by atoms with Crippen molar-refractivity contribution in [3.8, 4) is 0 Å². The molecule has 22 heavy (non-hydrogen) atoms. The lowest BCUT2D eigenvalue weighted by atomic mass is 9.99. The SMILES string of the molecule is CCC(C)C(N)C(=O)NCC(c1ccccc1)N1CCCC1. The van der Waals surface area contributed by atoms with E-state index in [1.54, 1.807) is 0 Å². The van der Waals surface area contributed by atoms with Gasteiger partial charge in [0.2, 0.25) is 5.91 Å². The van der Waals surface area contributed by atoms with Gasteiger partial charge < -0.3 is 11.1 Å². The Bertz CT molecular complexity index is 457. The summed E-state index contributed by atoms with van der Waals surface area (Å²) in [4.78, 5) is 14.7. The Hall–Kier alpha value is -1.39. The summed E-state index contributed by atoms with van der Waals surface area (Å²) < 4.78 is 0. The molecule has 3 unspecified atom stereocenters. The van der Waals surface area contributed by atoms with Gasteiger partial charge in [-0.25, -0.2) is 0 Å². The van der Waals surface area contributed by atoms with Crippen LogP contribution in [-0.2, 0) is 4.79 Å². The van der Waals surface area contributed by atoms with Crippen LogP contribution >= 0.6 is 0 Å². The van der Waals surface area contributed by atoms with Gasteiger partial charge in [-0.05, 0) is 37.4 Å². The monoisotopic (exact) mass is 303 g/mol. The molecule has 122 valence electrons. The van der Waals surface area contributed by atoms with Gasteiger partial charge in [0, 0.05) is 6.54 Å². The van der Waals surface area contributed by atoms with Crippen LogP contribution in [0.25, 0.3) is 0 Å². The van der Waals surface area contributed by atoms with Gasteiger partial charge in [0.25, 0.3) is 0 Å². The number of benzene rings is 1. The van der Waals surface area contributed by atoms with Crippen LogP contribution in [-0.4, -0.2) is 36.5 Å². The number of nitrogens with zero attached hydrogens (tertiary/aromatic N) is 1. The van der Waals surface area contributed by atoms with Crippen LogP contribution in [0.5, 0.6) is 0 Å². The minimum atomic E-state index is -0.417. The molecule has 0 saturated carbocycles. The molecule has 0 aliphatic carbocycles. The van der Waals surface area contributed by atoms with E-state index in [0.29, 0.717) is 6.54 Å². The maximum absolute atomic E-state index is 12.2. The maximum atomic E-state index is 12.2. The fourth-order valence-electron chi connectivity index (χ4n) is 3.01. The number of rotatable bonds is 7. The first kappa shape index (κ1) is 17.0. The number of hydrogen-bond donors (Lipinski definition) is 2. The van der Waals surface area contributed by atoms with E-state index in [0.717, 1.165) is 19.5 Å². The average molecular weight is 303 g/mol. The molecule has 0 spiro atoms. The van der Waals surface area contributed by atoms with E-state index in [9.17, 15) is 4.79 Å². The molecule has 1 aliphatic rings. The Labute approximate surface area is 134 Å². The van der Waals surface area contributed by atoms with Crippen LogP contribution < -0.4 is 11.1 Å². The molecule has 1 saturated heterocycles. The summed E-state index contributed by atoms with van der Waals surface area (Å²) in [6, 6.07) is 10.3. The van der Waals surface area contributed by atoms with E-state index in [1.807, 2.05) is 13.0 Å². The third-order valence-corrected chi connectivity index (χ3v) is 4.80. The summed E-state index contributed by atoms with van der Waals surface area (Å²) in [5, 5.41) is 3.07. The molecule has 1 aromatic carbocycles. The topological polar surface area (TPSA) is 58.4 Å². The van der Waals surface area contributed by atoms with E-state index in [-0.39, 0.29) is 17.9 Å². The lowest BCUT2D eigenvalue weighted by Crippen LogP contribution is -2.47. The average Bonchev–Trinajstić information content (AvgIpc) is 3.08. The molecule has 1 amide bonds. The van der Waals surface area contributed by atoms with Gasteiger partial charge in [-0.3, -0.25) is 9.69 Å². The molecular weight excluding hydrogens is 274 g/mol. The van der Waals surface area contributed by atoms with Crippen LogP contribution in [0.1, 0.15) is 44.7 Å².